The summed E-state index contributed by atoms with van der Waals surface area (Å²) >= 11 is 0. The lowest BCUT2D eigenvalue weighted by atomic mass is 10.2. The summed E-state index contributed by atoms with van der Waals surface area (Å²) in [7, 11) is 0.512. The van der Waals surface area contributed by atoms with Crippen LogP contribution in [0.2, 0.25) is 5.04 Å². The van der Waals surface area contributed by atoms with Crippen LogP contribution in [0.25, 0.3) is 0 Å². The van der Waals surface area contributed by atoms with Crippen molar-refractivity contribution in [2.75, 3.05) is 0 Å². The van der Waals surface area contributed by atoms with Crippen LogP contribution in [-0.4, -0.2) is 22.2 Å². The Labute approximate surface area is 83.3 Å². The van der Waals surface area contributed by atoms with Crippen molar-refractivity contribution in [1.82, 2.24) is 0 Å². The van der Waals surface area contributed by atoms with Crippen molar-refractivity contribution < 1.29 is 9.22 Å². The van der Waals surface area contributed by atoms with E-state index in [1.54, 1.807) is 0 Å². The summed E-state index contributed by atoms with van der Waals surface area (Å²) < 4.78 is 5.61. The van der Waals surface area contributed by atoms with Crippen LogP contribution in [0, 0.1) is 0 Å². The highest BCUT2D eigenvalue weighted by Crippen LogP contribution is 2.21. The van der Waals surface area contributed by atoms with Crippen molar-refractivity contribution in [3.05, 3.63) is 12.2 Å². The van der Waals surface area contributed by atoms with Crippen molar-refractivity contribution in [3.8, 4) is 0 Å². The van der Waals surface area contributed by atoms with Gasteiger partial charge in [-0.2, -0.15) is 0 Å². The molecule has 0 aliphatic heterocycles. The van der Waals surface area contributed by atoms with E-state index in [-0.39, 0.29) is 11.1 Å². The maximum atomic E-state index is 9.98. The quantitative estimate of drug-likeness (QED) is 0.385. The minimum absolute atomic E-state index is 0.203. The number of hydrogen-bond donors (Lipinski definition) is 0. The number of hydrogen-bond acceptors (Lipinski definition) is 2. The molecule has 1 atom stereocenters. The Hall–Kier alpha value is -0.413. The van der Waals surface area contributed by atoms with E-state index in [2.05, 4.69) is 20.8 Å². The Kier molecular flexibility index (Phi) is 5.91. The fraction of sp³-hybridized carbons (Fsp3) is 0.700. The highest BCUT2D eigenvalue weighted by molar-refractivity contribution is 6.31. The molecule has 0 rings (SSSR count). The molecule has 1 unspecified atom stereocenters. The van der Waals surface area contributed by atoms with E-state index in [9.17, 15) is 4.79 Å². The van der Waals surface area contributed by atoms with E-state index < -0.39 is 0 Å². The first-order valence-electron chi connectivity index (χ1n) is 4.49. The minimum atomic E-state index is 0.203. The molecule has 2 nitrogen and oxygen atoms in total. The average molecular weight is 198 g/mol. The molecule has 0 heterocycles. The molecule has 0 fully saturated rings. The van der Waals surface area contributed by atoms with Gasteiger partial charge >= 0.3 is 0 Å². The first-order chi connectivity index (χ1) is 5.95. The maximum Gasteiger partial charge on any atom is 0.236 e. The van der Waals surface area contributed by atoms with Gasteiger partial charge in [0.1, 0.15) is 6.29 Å². The van der Waals surface area contributed by atoms with Gasteiger partial charge in [0, 0.05) is 6.10 Å². The molecule has 0 aromatic carbocycles. The number of carbonyl (C=O) groups excluding carboxylic acids is 1. The van der Waals surface area contributed by atoms with Crippen LogP contribution in [0.4, 0.5) is 0 Å². The number of allylic oxidation sites excluding steroid dienone is 1. The molecule has 0 saturated carbocycles. The van der Waals surface area contributed by atoms with Crippen LogP contribution < -0.4 is 0 Å². The Bertz CT molecular complexity index is 170. The van der Waals surface area contributed by atoms with Gasteiger partial charge in [0.25, 0.3) is 0 Å². The topological polar surface area (TPSA) is 26.3 Å². The largest absolute Gasteiger partial charge is 0.414 e. The molecule has 0 saturated heterocycles. The molecule has 2 radical (unpaired) electrons. The van der Waals surface area contributed by atoms with E-state index >= 15 is 0 Å². The fourth-order valence-electron chi connectivity index (χ4n) is 0.651. The average Bonchev–Trinajstić information content (AvgIpc) is 2.00. The fourth-order valence-corrected chi connectivity index (χ4v) is 1.30. The summed E-state index contributed by atoms with van der Waals surface area (Å²) in [4.78, 5) is 9.98. The minimum Gasteiger partial charge on any atom is -0.414 e. The molecule has 0 aliphatic carbocycles. The highest BCUT2D eigenvalue weighted by atomic mass is 28.2. The third-order valence-electron chi connectivity index (χ3n) is 1.25. The Morgan fingerprint density at radius 1 is 1.46 bits per heavy atom. The van der Waals surface area contributed by atoms with Crippen LogP contribution in [0.3, 0.4) is 0 Å². The number of aldehydes is 1. The molecule has 0 aromatic rings. The van der Waals surface area contributed by atoms with Gasteiger partial charge in [-0.15, -0.1) is 0 Å². The monoisotopic (exact) mass is 198 g/mol. The molecular weight excluding hydrogens is 180 g/mol. The second kappa shape index (κ2) is 6.10. The van der Waals surface area contributed by atoms with Crippen molar-refractivity contribution in [2.45, 2.75) is 45.3 Å². The van der Waals surface area contributed by atoms with Crippen molar-refractivity contribution in [1.29, 1.82) is 0 Å². The number of carbonyl (C=O) groups is 1. The Morgan fingerprint density at radius 2 is 2.08 bits per heavy atom. The van der Waals surface area contributed by atoms with Crippen LogP contribution in [0.5, 0.6) is 0 Å². The van der Waals surface area contributed by atoms with Crippen LogP contribution in [-0.2, 0) is 9.22 Å². The predicted octanol–water partition coefficient (Wildman–Crippen LogP) is 2.37. The standard InChI is InChI=1S/C10H18O2Si/c1-9(7-5-6-8-11)12-13-10(2,3)4/h5-6,8-9H,7H2,1-4H3/b6-5+. The lowest BCUT2D eigenvalue weighted by molar-refractivity contribution is -0.104. The lowest BCUT2D eigenvalue weighted by Gasteiger charge is -2.19. The first-order valence-corrected chi connectivity index (χ1v) is 5.39. The van der Waals surface area contributed by atoms with E-state index in [0.717, 1.165) is 12.7 Å². The summed E-state index contributed by atoms with van der Waals surface area (Å²) in [6.45, 7) is 8.48. The maximum absolute atomic E-state index is 9.98. The molecule has 0 spiro atoms. The van der Waals surface area contributed by atoms with Crippen LogP contribution in [0.15, 0.2) is 12.2 Å². The molecular formula is C10H18O2Si. The zero-order valence-corrected chi connectivity index (χ0v) is 9.83. The van der Waals surface area contributed by atoms with Crippen molar-refractivity contribution in [2.24, 2.45) is 0 Å². The molecule has 0 aromatic heterocycles. The molecule has 0 amide bonds. The van der Waals surface area contributed by atoms with Gasteiger partial charge < -0.3 is 4.43 Å². The van der Waals surface area contributed by atoms with E-state index in [1.165, 1.54) is 6.08 Å². The Morgan fingerprint density at radius 3 is 2.54 bits per heavy atom. The van der Waals surface area contributed by atoms with Crippen LogP contribution >= 0.6 is 0 Å². The SMILES string of the molecule is CC(C/C=C/C=O)O[Si]C(C)(C)C. The molecule has 74 valence electrons. The molecule has 0 bridgehead atoms. The van der Waals surface area contributed by atoms with Gasteiger partial charge in [0.2, 0.25) is 9.76 Å². The number of rotatable bonds is 5. The van der Waals surface area contributed by atoms with E-state index in [1.807, 2.05) is 13.0 Å². The van der Waals surface area contributed by atoms with Gasteiger partial charge in [-0.1, -0.05) is 26.8 Å². The molecule has 0 N–H and O–H groups in total. The molecule has 0 aliphatic rings. The van der Waals surface area contributed by atoms with Crippen molar-refractivity contribution in [3.63, 3.8) is 0 Å². The smallest absolute Gasteiger partial charge is 0.236 e. The normalized spacial score (nSPS) is 14.8. The van der Waals surface area contributed by atoms with Crippen LogP contribution in [0.1, 0.15) is 34.1 Å². The highest BCUT2D eigenvalue weighted by Gasteiger charge is 2.14. The summed E-state index contributed by atoms with van der Waals surface area (Å²) in [5.41, 5.74) is 0. The second-order valence-corrected chi connectivity index (χ2v) is 6.02. The third kappa shape index (κ3) is 9.50. The molecule has 3 heteroatoms. The van der Waals surface area contributed by atoms with Gasteiger partial charge in [-0.25, -0.2) is 0 Å². The summed E-state index contributed by atoms with van der Waals surface area (Å²) in [6.07, 6.45) is 5.15. The summed E-state index contributed by atoms with van der Waals surface area (Å²) in [6, 6.07) is 0. The summed E-state index contributed by atoms with van der Waals surface area (Å²) in [5.74, 6) is 0. The zero-order valence-electron chi connectivity index (χ0n) is 8.83. The van der Waals surface area contributed by atoms with Gasteiger partial charge in [-0.3, -0.25) is 4.79 Å². The second-order valence-electron chi connectivity index (χ2n) is 4.08. The van der Waals surface area contributed by atoms with E-state index in [0.29, 0.717) is 9.76 Å². The predicted molar refractivity (Wildman–Crippen MR) is 55.8 cm³/mol. The van der Waals surface area contributed by atoms with Crippen molar-refractivity contribution >= 4 is 16.0 Å². The lowest BCUT2D eigenvalue weighted by Crippen LogP contribution is -2.18. The van der Waals surface area contributed by atoms with E-state index in [4.69, 9.17) is 4.43 Å². The van der Waals surface area contributed by atoms with Gasteiger partial charge in [0.15, 0.2) is 0 Å². The first kappa shape index (κ1) is 12.6. The van der Waals surface area contributed by atoms with Gasteiger partial charge in [-0.05, 0) is 24.5 Å². The summed E-state index contributed by atoms with van der Waals surface area (Å²) in [5, 5.41) is 0.239. The Balaban J connectivity index is 3.57. The zero-order chi connectivity index (χ0) is 10.3. The molecule has 13 heavy (non-hydrogen) atoms. The van der Waals surface area contributed by atoms with Gasteiger partial charge in [0.05, 0.1) is 0 Å². The third-order valence-corrected chi connectivity index (χ3v) is 2.38.